The molecular weight excluding hydrogens is 387 g/mol. The monoisotopic (exact) mass is 404 g/mol. The number of imide groups is 1. The third kappa shape index (κ3) is 3.41. The Morgan fingerprint density at radius 2 is 1.60 bits per heavy atom. The van der Waals surface area contributed by atoms with Crippen molar-refractivity contribution in [2.45, 2.75) is 0 Å². The molecule has 30 heavy (non-hydrogen) atoms. The number of hydrogen-bond acceptors (Lipinski definition) is 4. The number of carbonyl (C=O) groups is 3. The average molecular weight is 404 g/mol. The first-order valence-electron chi connectivity index (χ1n) is 9.16. The Kier molecular flexibility index (Phi) is 5.02. The van der Waals surface area contributed by atoms with E-state index in [4.69, 9.17) is 4.74 Å². The van der Waals surface area contributed by atoms with Crippen LogP contribution in [0.15, 0.2) is 72.8 Å². The molecule has 4 rings (SSSR count). The van der Waals surface area contributed by atoms with E-state index >= 15 is 0 Å². The van der Waals surface area contributed by atoms with Crippen molar-refractivity contribution in [2.75, 3.05) is 18.7 Å². The second-order valence-corrected chi connectivity index (χ2v) is 6.67. The van der Waals surface area contributed by atoms with Gasteiger partial charge in [0.15, 0.2) is 0 Å². The first-order valence-corrected chi connectivity index (χ1v) is 9.16. The van der Waals surface area contributed by atoms with Gasteiger partial charge in [0.25, 0.3) is 17.7 Å². The van der Waals surface area contributed by atoms with Gasteiger partial charge in [-0.15, -0.1) is 0 Å². The smallest absolute Gasteiger partial charge is 0.263 e. The predicted molar refractivity (Wildman–Crippen MR) is 108 cm³/mol. The molecule has 3 amide bonds. The van der Waals surface area contributed by atoms with Crippen molar-refractivity contribution in [2.24, 2.45) is 0 Å². The summed E-state index contributed by atoms with van der Waals surface area (Å²) in [5.74, 6) is -1.58. The van der Waals surface area contributed by atoms with Gasteiger partial charge in [0, 0.05) is 11.3 Å². The molecule has 0 spiro atoms. The molecule has 0 N–H and O–H groups in total. The molecule has 0 aromatic heterocycles. The maximum atomic E-state index is 13.9. The maximum Gasteiger partial charge on any atom is 0.263 e. The number of halogens is 1. The highest BCUT2D eigenvalue weighted by atomic mass is 19.1. The topological polar surface area (TPSA) is 66.9 Å². The molecule has 0 unspecified atom stereocenters. The van der Waals surface area contributed by atoms with E-state index in [0.717, 1.165) is 4.90 Å². The van der Waals surface area contributed by atoms with E-state index in [1.165, 1.54) is 36.3 Å². The van der Waals surface area contributed by atoms with Crippen molar-refractivity contribution in [3.05, 3.63) is 95.3 Å². The van der Waals surface area contributed by atoms with Crippen LogP contribution in [-0.2, 0) is 0 Å². The second kappa shape index (κ2) is 7.79. The third-order valence-corrected chi connectivity index (χ3v) is 4.84. The Balaban J connectivity index is 1.72. The Hall–Kier alpha value is -4.00. The summed E-state index contributed by atoms with van der Waals surface area (Å²) in [5, 5.41) is 0. The molecule has 1 aliphatic rings. The minimum Gasteiger partial charge on any atom is -0.497 e. The van der Waals surface area contributed by atoms with Crippen molar-refractivity contribution in [3.63, 3.8) is 0 Å². The Morgan fingerprint density at radius 1 is 0.933 bits per heavy atom. The van der Waals surface area contributed by atoms with E-state index in [0.29, 0.717) is 5.75 Å². The number of hydrogen-bond donors (Lipinski definition) is 0. The SMILES string of the molecule is COc1cccc(C(=O)N(CN2C(=O)c3ccccc3C2=O)c2cccc(F)c2)c1. The van der Waals surface area contributed by atoms with Gasteiger partial charge in [-0.05, 0) is 48.5 Å². The van der Waals surface area contributed by atoms with Gasteiger partial charge in [-0.1, -0.05) is 24.3 Å². The molecular formula is C23H17FN2O4. The van der Waals surface area contributed by atoms with Gasteiger partial charge in [-0.2, -0.15) is 0 Å². The molecule has 1 aliphatic heterocycles. The molecule has 0 fully saturated rings. The van der Waals surface area contributed by atoms with Gasteiger partial charge in [-0.25, -0.2) is 4.39 Å². The van der Waals surface area contributed by atoms with E-state index in [1.54, 1.807) is 48.5 Å². The Labute approximate surface area is 172 Å². The molecule has 0 bridgehead atoms. The van der Waals surface area contributed by atoms with Crippen LogP contribution in [-0.4, -0.2) is 36.4 Å². The first kappa shape index (κ1) is 19.3. The standard InChI is InChI=1S/C23H17FN2O4/c1-30-18-9-4-6-15(12-18)21(27)25(17-8-5-7-16(24)13-17)14-26-22(28)19-10-2-3-11-20(19)23(26)29/h2-13H,14H2,1H3. The summed E-state index contributed by atoms with van der Waals surface area (Å²) in [6, 6.07) is 18.3. The molecule has 6 nitrogen and oxygen atoms in total. The van der Waals surface area contributed by atoms with E-state index in [9.17, 15) is 18.8 Å². The molecule has 0 saturated carbocycles. The molecule has 7 heteroatoms. The van der Waals surface area contributed by atoms with Crippen molar-refractivity contribution < 1.29 is 23.5 Å². The van der Waals surface area contributed by atoms with Gasteiger partial charge in [0.2, 0.25) is 0 Å². The third-order valence-electron chi connectivity index (χ3n) is 4.84. The van der Waals surface area contributed by atoms with Crippen molar-refractivity contribution in [3.8, 4) is 5.75 Å². The van der Waals surface area contributed by atoms with Crippen LogP contribution in [0, 0.1) is 5.82 Å². The molecule has 3 aromatic carbocycles. The molecule has 0 atom stereocenters. The highest BCUT2D eigenvalue weighted by Crippen LogP contribution is 2.26. The number of amides is 3. The maximum absolute atomic E-state index is 13.9. The molecule has 0 radical (unpaired) electrons. The Morgan fingerprint density at radius 3 is 2.23 bits per heavy atom. The summed E-state index contributed by atoms with van der Waals surface area (Å²) >= 11 is 0. The summed E-state index contributed by atoms with van der Waals surface area (Å²) in [6.07, 6.45) is 0. The van der Waals surface area contributed by atoms with Crippen LogP contribution in [0.4, 0.5) is 10.1 Å². The van der Waals surface area contributed by atoms with Crippen molar-refractivity contribution in [1.29, 1.82) is 0 Å². The van der Waals surface area contributed by atoms with Gasteiger partial charge < -0.3 is 4.74 Å². The second-order valence-electron chi connectivity index (χ2n) is 6.67. The number of benzene rings is 3. The minimum atomic E-state index is -0.543. The van der Waals surface area contributed by atoms with Crippen LogP contribution in [0.5, 0.6) is 5.75 Å². The summed E-state index contributed by atoms with van der Waals surface area (Å²) in [5.41, 5.74) is 1.04. The zero-order valence-corrected chi connectivity index (χ0v) is 16.0. The lowest BCUT2D eigenvalue weighted by Crippen LogP contribution is -2.44. The van der Waals surface area contributed by atoms with Gasteiger partial charge in [0.05, 0.1) is 18.2 Å². The highest BCUT2D eigenvalue weighted by Gasteiger charge is 2.37. The van der Waals surface area contributed by atoms with Gasteiger partial charge in [-0.3, -0.25) is 24.2 Å². The van der Waals surface area contributed by atoms with Crippen LogP contribution in [0.1, 0.15) is 31.1 Å². The number of ether oxygens (including phenoxy) is 1. The van der Waals surface area contributed by atoms with E-state index in [-0.39, 0.29) is 29.0 Å². The zero-order chi connectivity index (χ0) is 21.3. The summed E-state index contributed by atoms with van der Waals surface area (Å²) in [6.45, 7) is -0.355. The number of carbonyl (C=O) groups excluding carboxylic acids is 3. The number of methoxy groups -OCH3 is 1. The van der Waals surface area contributed by atoms with E-state index < -0.39 is 23.5 Å². The number of anilines is 1. The fourth-order valence-corrected chi connectivity index (χ4v) is 3.33. The average Bonchev–Trinajstić information content (AvgIpc) is 3.01. The molecule has 0 saturated heterocycles. The highest BCUT2D eigenvalue weighted by molar-refractivity contribution is 6.22. The minimum absolute atomic E-state index is 0.222. The quantitative estimate of drug-likeness (QED) is 0.608. The van der Waals surface area contributed by atoms with Gasteiger partial charge >= 0.3 is 0 Å². The molecule has 1 heterocycles. The number of rotatable bonds is 5. The fourth-order valence-electron chi connectivity index (χ4n) is 3.33. The van der Waals surface area contributed by atoms with Crippen LogP contribution in [0.2, 0.25) is 0 Å². The lowest BCUT2D eigenvalue weighted by Gasteiger charge is -2.27. The van der Waals surface area contributed by atoms with Crippen LogP contribution in [0.3, 0.4) is 0 Å². The number of fused-ring (bicyclic) bond motifs is 1. The normalized spacial score (nSPS) is 12.7. The lowest BCUT2D eigenvalue weighted by molar-refractivity contribution is 0.0650. The summed E-state index contributed by atoms with van der Waals surface area (Å²) < 4.78 is 19.1. The molecule has 150 valence electrons. The molecule has 0 aliphatic carbocycles. The fraction of sp³-hybridized carbons (Fsp3) is 0.0870. The van der Waals surface area contributed by atoms with Crippen LogP contribution < -0.4 is 9.64 Å². The van der Waals surface area contributed by atoms with E-state index in [2.05, 4.69) is 0 Å². The van der Waals surface area contributed by atoms with Crippen LogP contribution in [0.25, 0.3) is 0 Å². The largest absolute Gasteiger partial charge is 0.497 e. The summed E-state index contributed by atoms with van der Waals surface area (Å²) in [4.78, 5) is 41.0. The predicted octanol–water partition coefficient (Wildman–Crippen LogP) is 3.73. The molecule has 3 aromatic rings. The van der Waals surface area contributed by atoms with Gasteiger partial charge in [0.1, 0.15) is 18.2 Å². The number of nitrogens with zero attached hydrogens (tertiary/aromatic N) is 2. The van der Waals surface area contributed by atoms with E-state index in [1.807, 2.05) is 0 Å². The lowest BCUT2D eigenvalue weighted by atomic mass is 10.1. The first-order chi connectivity index (χ1) is 14.5. The Bertz CT molecular complexity index is 1130. The zero-order valence-electron chi connectivity index (χ0n) is 16.0. The van der Waals surface area contributed by atoms with Crippen molar-refractivity contribution in [1.82, 2.24) is 4.90 Å². The summed E-state index contributed by atoms with van der Waals surface area (Å²) in [7, 11) is 1.48. The van der Waals surface area contributed by atoms with Crippen LogP contribution >= 0.6 is 0 Å². The van der Waals surface area contributed by atoms with Crippen molar-refractivity contribution >= 4 is 23.4 Å².